The summed E-state index contributed by atoms with van der Waals surface area (Å²) in [6.07, 6.45) is 7.00. The Morgan fingerprint density at radius 1 is 1.21 bits per heavy atom. The minimum atomic E-state index is 0.712. The molecule has 0 aromatic carbocycles. The predicted molar refractivity (Wildman–Crippen MR) is 60.3 cm³/mol. The normalized spacial score (nSPS) is 10.4. The van der Waals surface area contributed by atoms with Gasteiger partial charge in [0.2, 0.25) is 0 Å². The second-order valence-corrected chi connectivity index (χ2v) is 2.66. The van der Waals surface area contributed by atoms with Gasteiger partial charge < -0.3 is 0 Å². The SMILES string of the molecule is C=Cc1nn(C(=C)/C=C\C)nc1C=C. The molecular weight excluding hydrogens is 174 g/mol. The number of allylic oxidation sites excluding steroid dienone is 3. The van der Waals surface area contributed by atoms with Crippen molar-refractivity contribution in [2.45, 2.75) is 6.92 Å². The lowest BCUT2D eigenvalue weighted by molar-refractivity contribution is 0.774. The van der Waals surface area contributed by atoms with Crippen molar-refractivity contribution in [2.75, 3.05) is 0 Å². The van der Waals surface area contributed by atoms with E-state index >= 15 is 0 Å². The molecular formula is C11H13N3. The largest absolute Gasteiger partial charge is 0.151 e. The van der Waals surface area contributed by atoms with Crippen molar-refractivity contribution >= 4 is 17.8 Å². The maximum atomic E-state index is 4.18. The number of aromatic nitrogens is 3. The van der Waals surface area contributed by atoms with E-state index in [-0.39, 0.29) is 0 Å². The van der Waals surface area contributed by atoms with Gasteiger partial charge in [0.15, 0.2) is 0 Å². The smallest absolute Gasteiger partial charge is 0.113 e. The van der Waals surface area contributed by atoms with Crippen molar-refractivity contribution < 1.29 is 0 Å². The fourth-order valence-electron chi connectivity index (χ4n) is 1.01. The van der Waals surface area contributed by atoms with Crippen LogP contribution in [0.25, 0.3) is 17.8 Å². The lowest BCUT2D eigenvalue weighted by atomic mass is 10.3. The molecule has 0 aliphatic carbocycles. The van der Waals surface area contributed by atoms with E-state index in [1.165, 1.54) is 4.80 Å². The van der Waals surface area contributed by atoms with Crippen LogP contribution in [-0.4, -0.2) is 15.0 Å². The van der Waals surface area contributed by atoms with Gasteiger partial charge in [-0.25, -0.2) is 0 Å². The van der Waals surface area contributed by atoms with Gasteiger partial charge in [-0.1, -0.05) is 25.8 Å². The molecule has 3 heteroatoms. The van der Waals surface area contributed by atoms with E-state index < -0.39 is 0 Å². The summed E-state index contributed by atoms with van der Waals surface area (Å²) in [5, 5.41) is 8.37. The molecule has 1 aromatic rings. The number of nitrogens with zero attached hydrogens (tertiary/aromatic N) is 3. The highest BCUT2D eigenvalue weighted by atomic mass is 15.5. The lowest BCUT2D eigenvalue weighted by Crippen LogP contribution is -1.98. The first-order valence-corrected chi connectivity index (χ1v) is 4.27. The molecule has 0 radical (unpaired) electrons. The van der Waals surface area contributed by atoms with Crippen LogP contribution in [0.15, 0.2) is 31.9 Å². The van der Waals surface area contributed by atoms with E-state index in [0.717, 1.165) is 0 Å². The van der Waals surface area contributed by atoms with Crippen molar-refractivity contribution in [3.63, 3.8) is 0 Å². The van der Waals surface area contributed by atoms with Crippen molar-refractivity contribution in [3.05, 3.63) is 43.3 Å². The molecule has 0 saturated heterocycles. The van der Waals surface area contributed by atoms with Gasteiger partial charge in [-0.15, -0.1) is 10.2 Å². The molecule has 0 aliphatic rings. The van der Waals surface area contributed by atoms with Gasteiger partial charge in [-0.2, -0.15) is 4.80 Å². The summed E-state index contributed by atoms with van der Waals surface area (Å²) in [5.74, 6) is 0. The molecule has 0 aliphatic heterocycles. The Morgan fingerprint density at radius 3 is 2.07 bits per heavy atom. The third-order valence-electron chi connectivity index (χ3n) is 1.67. The molecule has 0 spiro atoms. The van der Waals surface area contributed by atoms with E-state index in [4.69, 9.17) is 0 Å². The van der Waals surface area contributed by atoms with Gasteiger partial charge >= 0.3 is 0 Å². The first-order chi connectivity index (χ1) is 6.72. The summed E-state index contributed by atoms with van der Waals surface area (Å²) in [4.78, 5) is 1.47. The quantitative estimate of drug-likeness (QED) is 0.678. The van der Waals surface area contributed by atoms with E-state index in [9.17, 15) is 0 Å². The Labute approximate surface area is 83.8 Å². The van der Waals surface area contributed by atoms with Crippen LogP contribution >= 0.6 is 0 Å². The summed E-state index contributed by atoms with van der Waals surface area (Å²) in [5.41, 5.74) is 2.14. The second-order valence-electron chi connectivity index (χ2n) is 2.66. The van der Waals surface area contributed by atoms with Gasteiger partial charge in [0.05, 0.1) is 5.70 Å². The highest BCUT2D eigenvalue weighted by molar-refractivity contribution is 5.59. The minimum absolute atomic E-state index is 0.712. The first-order valence-electron chi connectivity index (χ1n) is 4.27. The standard InChI is InChI=1S/C11H13N3/c1-5-8-9(4)14-12-10(6-2)11(7-3)13-14/h5-8H,2-4H2,1H3/b8-5-. The molecule has 0 bridgehead atoms. The zero-order valence-corrected chi connectivity index (χ0v) is 8.27. The van der Waals surface area contributed by atoms with Gasteiger partial charge in [0.1, 0.15) is 11.4 Å². The number of hydrogen-bond acceptors (Lipinski definition) is 2. The fraction of sp³-hybridized carbons (Fsp3) is 0.0909. The Kier molecular flexibility index (Phi) is 3.18. The molecule has 0 unspecified atom stereocenters. The maximum absolute atomic E-state index is 4.18. The van der Waals surface area contributed by atoms with Gasteiger partial charge in [0.25, 0.3) is 0 Å². The molecule has 0 atom stereocenters. The molecule has 1 rings (SSSR count). The highest BCUT2D eigenvalue weighted by Crippen LogP contribution is 2.09. The summed E-state index contributed by atoms with van der Waals surface area (Å²) in [7, 11) is 0. The number of rotatable bonds is 4. The van der Waals surface area contributed by atoms with Crippen molar-refractivity contribution in [1.82, 2.24) is 15.0 Å². The second kappa shape index (κ2) is 4.37. The summed E-state index contributed by atoms with van der Waals surface area (Å²) >= 11 is 0. The summed E-state index contributed by atoms with van der Waals surface area (Å²) in [6, 6.07) is 0. The van der Waals surface area contributed by atoms with Crippen LogP contribution in [0.5, 0.6) is 0 Å². The Morgan fingerprint density at radius 2 is 1.71 bits per heavy atom. The maximum Gasteiger partial charge on any atom is 0.113 e. The molecule has 3 nitrogen and oxygen atoms in total. The van der Waals surface area contributed by atoms with Crippen LogP contribution in [0.2, 0.25) is 0 Å². The molecule has 0 saturated carbocycles. The van der Waals surface area contributed by atoms with Crippen LogP contribution in [-0.2, 0) is 0 Å². The van der Waals surface area contributed by atoms with Gasteiger partial charge in [-0.05, 0) is 25.2 Å². The van der Waals surface area contributed by atoms with Gasteiger partial charge in [-0.3, -0.25) is 0 Å². The molecule has 0 fully saturated rings. The topological polar surface area (TPSA) is 30.7 Å². The zero-order chi connectivity index (χ0) is 10.6. The van der Waals surface area contributed by atoms with Crippen LogP contribution in [0.3, 0.4) is 0 Å². The Hall–Kier alpha value is -1.90. The van der Waals surface area contributed by atoms with E-state index in [1.807, 2.05) is 19.1 Å². The lowest BCUT2D eigenvalue weighted by Gasteiger charge is -1.94. The average Bonchev–Trinajstić information content (AvgIpc) is 2.61. The summed E-state index contributed by atoms with van der Waals surface area (Å²) in [6.45, 7) is 13.0. The van der Waals surface area contributed by atoms with Crippen molar-refractivity contribution in [3.8, 4) is 0 Å². The van der Waals surface area contributed by atoms with Gasteiger partial charge in [0, 0.05) is 0 Å². The minimum Gasteiger partial charge on any atom is -0.151 e. The van der Waals surface area contributed by atoms with Crippen molar-refractivity contribution in [2.24, 2.45) is 0 Å². The monoisotopic (exact) mass is 187 g/mol. The molecule has 1 heterocycles. The number of hydrogen-bond donors (Lipinski definition) is 0. The molecule has 0 N–H and O–H groups in total. The molecule has 1 aromatic heterocycles. The fourth-order valence-corrected chi connectivity index (χ4v) is 1.01. The van der Waals surface area contributed by atoms with Crippen LogP contribution in [0.4, 0.5) is 0 Å². The third kappa shape index (κ3) is 1.88. The molecule has 14 heavy (non-hydrogen) atoms. The average molecular weight is 187 g/mol. The van der Waals surface area contributed by atoms with E-state index in [2.05, 4.69) is 29.9 Å². The Bertz CT molecular complexity index is 371. The first kappa shape index (κ1) is 10.2. The predicted octanol–water partition coefficient (Wildman–Crippen LogP) is 2.61. The Balaban J connectivity index is 3.12. The van der Waals surface area contributed by atoms with Crippen LogP contribution in [0.1, 0.15) is 18.3 Å². The molecule has 72 valence electrons. The molecule has 0 amide bonds. The zero-order valence-electron chi connectivity index (χ0n) is 8.27. The summed E-state index contributed by atoms with van der Waals surface area (Å²) < 4.78 is 0. The third-order valence-corrected chi connectivity index (χ3v) is 1.67. The van der Waals surface area contributed by atoms with E-state index in [0.29, 0.717) is 17.1 Å². The highest BCUT2D eigenvalue weighted by Gasteiger charge is 2.04. The van der Waals surface area contributed by atoms with E-state index in [1.54, 1.807) is 12.2 Å². The van der Waals surface area contributed by atoms with Crippen LogP contribution in [0, 0.1) is 0 Å². The van der Waals surface area contributed by atoms with Crippen LogP contribution < -0.4 is 0 Å². The van der Waals surface area contributed by atoms with Crippen molar-refractivity contribution in [1.29, 1.82) is 0 Å².